The van der Waals surface area contributed by atoms with Gasteiger partial charge in [0, 0.05) is 25.4 Å². The lowest BCUT2D eigenvalue weighted by atomic mass is 10.1. The van der Waals surface area contributed by atoms with Crippen LogP contribution in [0.1, 0.15) is 33.3 Å². The van der Waals surface area contributed by atoms with E-state index >= 15 is 0 Å². The van der Waals surface area contributed by atoms with Crippen LogP contribution < -0.4 is 4.74 Å². The molecule has 22 heavy (non-hydrogen) atoms. The van der Waals surface area contributed by atoms with E-state index in [-0.39, 0.29) is 5.54 Å². The molecule has 0 aliphatic heterocycles. The highest BCUT2D eigenvalue weighted by Gasteiger charge is 2.46. The third kappa shape index (κ3) is 5.11. The Kier molecular flexibility index (Phi) is 8.13. The second-order valence-electron chi connectivity index (χ2n) is 4.85. The normalized spacial score (nSPS) is 12.7. The van der Waals surface area contributed by atoms with Gasteiger partial charge in [-0.3, -0.25) is 0 Å². The Bertz CT molecular complexity index is 472. The summed E-state index contributed by atoms with van der Waals surface area (Å²) in [4.78, 5) is 0. The summed E-state index contributed by atoms with van der Waals surface area (Å²) in [5.41, 5.74) is 1.18. The summed E-state index contributed by atoms with van der Waals surface area (Å²) in [6, 6.07) is 7.50. The third-order valence-electron chi connectivity index (χ3n) is 3.24. The van der Waals surface area contributed by atoms with Crippen LogP contribution in [-0.4, -0.2) is 28.6 Å². The molecule has 0 heterocycles. The quantitative estimate of drug-likeness (QED) is 0.487. The first-order valence-electron chi connectivity index (χ1n) is 7.68. The topological polar surface area (TPSA) is 60.7 Å². The molecule has 0 aromatic heterocycles. The third-order valence-corrected chi connectivity index (χ3v) is 6.73. The summed E-state index contributed by atoms with van der Waals surface area (Å²) >= 11 is 0. The van der Waals surface area contributed by atoms with Gasteiger partial charge in [-0.05, 0) is 44.9 Å². The minimum absolute atomic E-state index is 0.115. The summed E-state index contributed by atoms with van der Waals surface area (Å²) in [5, 5.41) is 8.61. The molecule has 0 spiro atoms. The van der Waals surface area contributed by atoms with Crippen LogP contribution in [0, 0.1) is 11.5 Å². The SMILES string of the molecule is CCO[Si](OCC)(OCC)C(C)Cc1cccc(OC#N)c1. The molecular weight excluding hydrogens is 298 g/mol. The molecule has 0 aliphatic rings. The summed E-state index contributed by atoms with van der Waals surface area (Å²) in [6.07, 6.45) is 2.44. The van der Waals surface area contributed by atoms with E-state index in [2.05, 4.69) is 6.92 Å². The molecule has 0 saturated carbocycles. The molecule has 1 aromatic rings. The Morgan fingerprint density at radius 1 is 1.09 bits per heavy atom. The van der Waals surface area contributed by atoms with E-state index in [0.717, 1.165) is 12.0 Å². The van der Waals surface area contributed by atoms with Crippen molar-refractivity contribution in [3.63, 3.8) is 0 Å². The average Bonchev–Trinajstić information content (AvgIpc) is 2.48. The standard InChI is InChI=1S/C16H25NO4Si/c1-5-19-22(20-6-2,21-7-3)14(4)11-15-9-8-10-16(12-15)18-13-17/h8-10,12,14H,5-7,11H2,1-4H3. The van der Waals surface area contributed by atoms with Crippen molar-refractivity contribution in [2.45, 2.75) is 39.7 Å². The molecule has 0 saturated heterocycles. The van der Waals surface area contributed by atoms with Crippen LogP contribution in [0.3, 0.4) is 0 Å². The van der Waals surface area contributed by atoms with E-state index in [1.807, 2.05) is 39.0 Å². The highest BCUT2D eigenvalue weighted by Crippen LogP contribution is 2.30. The fraction of sp³-hybridized carbons (Fsp3) is 0.562. The maximum Gasteiger partial charge on any atom is 0.504 e. The smallest absolute Gasteiger partial charge is 0.388 e. The van der Waals surface area contributed by atoms with Gasteiger partial charge in [0.15, 0.2) is 0 Å². The fourth-order valence-electron chi connectivity index (χ4n) is 2.42. The molecule has 1 unspecified atom stereocenters. The molecule has 1 rings (SSSR count). The Morgan fingerprint density at radius 3 is 2.18 bits per heavy atom. The van der Waals surface area contributed by atoms with Crippen LogP contribution in [0.25, 0.3) is 0 Å². The number of hydrogen-bond acceptors (Lipinski definition) is 5. The highest BCUT2D eigenvalue weighted by atomic mass is 28.4. The van der Waals surface area contributed by atoms with Gasteiger partial charge in [-0.15, -0.1) is 5.26 Å². The zero-order valence-corrected chi connectivity index (χ0v) is 14.8. The van der Waals surface area contributed by atoms with E-state index in [4.69, 9.17) is 23.3 Å². The van der Waals surface area contributed by atoms with Crippen LogP contribution in [0.15, 0.2) is 24.3 Å². The summed E-state index contributed by atoms with van der Waals surface area (Å²) in [7, 11) is -2.72. The zero-order valence-electron chi connectivity index (χ0n) is 13.8. The van der Waals surface area contributed by atoms with Gasteiger partial charge in [-0.25, -0.2) is 0 Å². The van der Waals surface area contributed by atoms with Crippen molar-refractivity contribution in [2.75, 3.05) is 19.8 Å². The van der Waals surface area contributed by atoms with Gasteiger partial charge < -0.3 is 18.0 Å². The average molecular weight is 323 g/mol. The van der Waals surface area contributed by atoms with Gasteiger partial charge in [0.1, 0.15) is 5.75 Å². The van der Waals surface area contributed by atoms with E-state index in [9.17, 15) is 0 Å². The maximum absolute atomic E-state index is 8.61. The summed E-state index contributed by atoms with van der Waals surface area (Å²) in [6.45, 7) is 9.64. The maximum atomic E-state index is 8.61. The second kappa shape index (κ2) is 9.59. The molecule has 0 aliphatic carbocycles. The van der Waals surface area contributed by atoms with Gasteiger partial charge in [0.25, 0.3) is 6.26 Å². The number of ether oxygens (including phenoxy) is 1. The first kappa shape index (κ1) is 18.7. The molecule has 122 valence electrons. The predicted octanol–water partition coefficient (Wildman–Crippen LogP) is 3.53. The van der Waals surface area contributed by atoms with Crippen molar-refractivity contribution in [3.05, 3.63) is 29.8 Å². The highest BCUT2D eigenvalue weighted by molar-refractivity contribution is 6.62. The molecule has 0 amide bonds. The van der Waals surface area contributed by atoms with Crippen LogP contribution in [0.4, 0.5) is 0 Å². The lowest BCUT2D eigenvalue weighted by molar-refractivity contribution is 0.0624. The van der Waals surface area contributed by atoms with Gasteiger partial charge in [0.05, 0.1) is 0 Å². The van der Waals surface area contributed by atoms with Gasteiger partial charge in [-0.1, -0.05) is 19.1 Å². The number of rotatable bonds is 10. The van der Waals surface area contributed by atoms with Gasteiger partial charge >= 0.3 is 8.80 Å². The molecule has 1 atom stereocenters. The minimum atomic E-state index is -2.72. The van der Waals surface area contributed by atoms with Crippen molar-refractivity contribution in [1.82, 2.24) is 0 Å². The molecule has 0 radical (unpaired) electrons. The van der Waals surface area contributed by atoms with Gasteiger partial charge in [-0.2, -0.15) is 0 Å². The monoisotopic (exact) mass is 323 g/mol. The lowest BCUT2D eigenvalue weighted by Crippen LogP contribution is -2.50. The molecule has 0 N–H and O–H groups in total. The van der Waals surface area contributed by atoms with E-state index in [0.29, 0.717) is 25.6 Å². The minimum Gasteiger partial charge on any atom is -0.388 e. The number of nitrogens with zero attached hydrogens (tertiary/aromatic N) is 1. The van der Waals surface area contributed by atoms with Crippen LogP contribution in [-0.2, 0) is 19.7 Å². The predicted molar refractivity (Wildman–Crippen MR) is 86.4 cm³/mol. The van der Waals surface area contributed by atoms with Crippen molar-refractivity contribution < 1.29 is 18.0 Å². The van der Waals surface area contributed by atoms with Crippen molar-refractivity contribution in [2.24, 2.45) is 0 Å². The zero-order chi connectivity index (χ0) is 16.4. The van der Waals surface area contributed by atoms with E-state index in [1.165, 1.54) is 0 Å². The van der Waals surface area contributed by atoms with Crippen molar-refractivity contribution in [3.8, 4) is 12.0 Å². The number of hydrogen-bond donors (Lipinski definition) is 0. The van der Waals surface area contributed by atoms with Crippen LogP contribution in [0.5, 0.6) is 5.75 Å². The first-order valence-corrected chi connectivity index (χ1v) is 9.48. The molecule has 0 fully saturated rings. The largest absolute Gasteiger partial charge is 0.504 e. The van der Waals surface area contributed by atoms with Crippen LogP contribution >= 0.6 is 0 Å². The molecule has 6 heteroatoms. The molecule has 0 bridgehead atoms. The first-order chi connectivity index (χ1) is 10.6. The Balaban J connectivity index is 2.91. The summed E-state index contributed by atoms with van der Waals surface area (Å²) in [5.74, 6) is 0.545. The Labute approximate surface area is 134 Å². The second-order valence-corrected chi connectivity index (χ2v) is 7.91. The van der Waals surface area contributed by atoms with E-state index in [1.54, 1.807) is 12.3 Å². The van der Waals surface area contributed by atoms with Crippen LogP contribution in [0.2, 0.25) is 5.54 Å². The molecule has 5 nitrogen and oxygen atoms in total. The molecule has 1 aromatic carbocycles. The van der Waals surface area contributed by atoms with Crippen molar-refractivity contribution >= 4 is 8.80 Å². The molecular formula is C16H25NO4Si. The Morgan fingerprint density at radius 2 is 1.68 bits per heavy atom. The number of nitriles is 1. The number of benzene rings is 1. The fourth-order valence-corrected chi connectivity index (χ4v) is 5.22. The Hall–Kier alpha value is -1.39. The van der Waals surface area contributed by atoms with Crippen molar-refractivity contribution in [1.29, 1.82) is 5.26 Å². The van der Waals surface area contributed by atoms with E-state index < -0.39 is 8.80 Å². The lowest BCUT2D eigenvalue weighted by Gasteiger charge is -2.33. The van der Waals surface area contributed by atoms with Gasteiger partial charge in [0.2, 0.25) is 0 Å². The summed E-state index contributed by atoms with van der Waals surface area (Å²) < 4.78 is 22.7.